The Labute approximate surface area is 241 Å². The fourth-order valence-electron chi connectivity index (χ4n) is 4.57. The summed E-state index contributed by atoms with van der Waals surface area (Å²) in [4.78, 5) is 2.47. The van der Waals surface area contributed by atoms with Gasteiger partial charge in [0.15, 0.2) is 0 Å². The molecule has 4 aromatic rings. The second-order valence-corrected chi connectivity index (χ2v) is 12.7. The Hall–Kier alpha value is -2.39. The largest absolute Gasteiger partial charge is 0.457 e. The van der Waals surface area contributed by atoms with E-state index in [-0.39, 0.29) is 23.0 Å². The predicted molar refractivity (Wildman–Crippen MR) is 156 cm³/mol. The van der Waals surface area contributed by atoms with Gasteiger partial charge in [0.25, 0.3) is 0 Å². The average molecular weight is 632 g/mol. The van der Waals surface area contributed by atoms with E-state index in [0.717, 1.165) is 15.6 Å². The lowest BCUT2D eigenvalue weighted by molar-refractivity contribution is 0.0370. The van der Waals surface area contributed by atoms with Gasteiger partial charge in [-0.05, 0) is 90.8 Å². The van der Waals surface area contributed by atoms with Gasteiger partial charge in [0.2, 0.25) is 10.0 Å². The van der Waals surface area contributed by atoms with Crippen LogP contribution in [0.25, 0.3) is 0 Å². The van der Waals surface area contributed by atoms with Gasteiger partial charge < -0.3 is 4.74 Å². The van der Waals surface area contributed by atoms with E-state index in [1.54, 1.807) is 24.3 Å². The molecule has 0 saturated carbocycles. The van der Waals surface area contributed by atoms with Crippen molar-refractivity contribution in [2.75, 3.05) is 6.54 Å². The van der Waals surface area contributed by atoms with Crippen molar-refractivity contribution in [1.82, 2.24) is 9.62 Å². The lowest BCUT2D eigenvalue weighted by Gasteiger charge is -2.50. The second kappa shape index (κ2) is 11.4. The summed E-state index contributed by atoms with van der Waals surface area (Å²) in [5.41, 5.74) is 2.15. The summed E-state index contributed by atoms with van der Waals surface area (Å²) in [5, 5.41) is 1.33. The van der Waals surface area contributed by atoms with E-state index >= 15 is 0 Å². The highest BCUT2D eigenvalue weighted by molar-refractivity contribution is 9.10. The van der Waals surface area contributed by atoms with Gasteiger partial charge in [-0.2, -0.15) is 0 Å². The molecule has 0 radical (unpaired) electrons. The molecule has 0 aliphatic carbocycles. The summed E-state index contributed by atoms with van der Waals surface area (Å²) in [5.74, 6) is 1.23. The fourth-order valence-corrected chi connectivity index (χ4v) is 6.39. The molecular weight excluding hydrogens is 607 g/mol. The number of hydrogen-bond donors (Lipinski definition) is 1. The standard InChI is InChI=1S/C29H25BrCl2N2O3S/c1-19-28(18-34(19)29(20-2-8-23(31)9-3-20)21-4-10-24(32)11-5-21)33-38(35,36)27-16-14-26(15-17-27)37-25-12-6-22(30)7-13-25/h2-17,19,28-29,33H,18H2,1H3/t19-,28+/m0/s1. The smallest absolute Gasteiger partial charge is 0.240 e. The molecule has 1 saturated heterocycles. The summed E-state index contributed by atoms with van der Waals surface area (Å²) in [7, 11) is -3.71. The topological polar surface area (TPSA) is 58.6 Å². The first-order valence-corrected chi connectivity index (χ1v) is 15.1. The number of rotatable bonds is 8. The van der Waals surface area contributed by atoms with Gasteiger partial charge in [0.1, 0.15) is 11.5 Å². The molecule has 5 rings (SSSR count). The number of sulfonamides is 1. The van der Waals surface area contributed by atoms with E-state index in [9.17, 15) is 8.42 Å². The Morgan fingerprint density at radius 2 is 1.29 bits per heavy atom. The molecule has 1 N–H and O–H groups in total. The SMILES string of the molecule is C[C@H]1[C@H](NS(=O)(=O)c2ccc(Oc3ccc(Br)cc3)cc2)CN1C(c1ccc(Cl)cc1)c1ccc(Cl)cc1. The van der Waals surface area contributed by atoms with Crippen LogP contribution in [0.5, 0.6) is 11.5 Å². The van der Waals surface area contributed by atoms with Crippen LogP contribution in [0.2, 0.25) is 10.0 Å². The normalized spacial score (nSPS) is 17.8. The van der Waals surface area contributed by atoms with Crippen LogP contribution in [0, 0.1) is 0 Å². The van der Waals surface area contributed by atoms with Crippen molar-refractivity contribution in [2.45, 2.75) is 29.9 Å². The van der Waals surface area contributed by atoms with E-state index < -0.39 is 10.0 Å². The molecule has 9 heteroatoms. The fraction of sp³-hybridized carbons (Fsp3) is 0.172. The highest BCUT2D eigenvalue weighted by atomic mass is 79.9. The number of nitrogens with zero attached hydrogens (tertiary/aromatic N) is 1. The summed E-state index contributed by atoms with van der Waals surface area (Å²) < 4.78 is 36.0. The van der Waals surface area contributed by atoms with Crippen LogP contribution in [0.15, 0.2) is 106 Å². The van der Waals surface area contributed by atoms with Gasteiger partial charge in [-0.15, -0.1) is 0 Å². The highest BCUT2D eigenvalue weighted by Gasteiger charge is 2.42. The van der Waals surface area contributed by atoms with Crippen molar-refractivity contribution in [3.05, 3.63) is 123 Å². The Bertz CT molecular complexity index is 1450. The van der Waals surface area contributed by atoms with E-state index in [1.165, 1.54) is 0 Å². The van der Waals surface area contributed by atoms with Crippen LogP contribution >= 0.6 is 39.1 Å². The number of halogens is 3. The zero-order valence-corrected chi connectivity index (χ0v) is 24.3. The number of ether oxygens (including phenoxy) is 1. The first-order chi connectivity index (χ1) is 18.2. The van der Waals surface area contributed by atoms with Crippen LogP contribution < -0.4 is 9.46 Å². The third-order valence-electron chi connectivity index (χ3n) is 6.71. The molecule has 1 fully saturated rings. The summed E-state index contributed by atoms with van der Waals surface area (Å²) in [6.45, 7) is 2.59. The van der Waals surface area contributed by atoms with Crippen LogP contribution in [0.1, 0.15) is 24.1 Å². The molecular formula is C29H25BrCl2N2O3S. The molecule has 0 amide bonds. The second-order valence-electron chi connectivity index (χ2n) is 9.20. The van der Waals surface area contributed by atoms with E-state index in [0.29, 0.717) is 28.1 Å². The lowest BCUT2D eigenvalue weighted by Crippen LogP contribution is -2.66. The van der Waals surface area contributed by atoms with Crippen LogP contribution in [-0.2, 0) is 10.0 Å². The van der Waals surface area contributed by atoms with Gasteiger partial charge in [-0.25, -0.2) is 13.1 Å². The average Bonchev–Trinajstić information content (AvgIpc) is 2.91. The quantitative estimate of drug-likeness (QED) is 0.217. The van der Waals surface area contributed by atoms with E-state index in [2.05, 4.69) is 25.6 Å². The van der Waals surface area contributed by atoms with Crippen LogP contribution in [0.4, 0.5) is 0 Å². The molecule has 0 bridgehead atoms. The van der Waals surface area contributed by atoms with Crippen molar-refractivity contribution >= 4 is 49.2 Å². The van der Waals surface area contributed by atoms with Crippen molar-refractivity contribution in [3.8, 4) is 11.5 Å². The van der Waals surface area contributed by atoms with Crippen LogP contribution in [0.3, 0.4) is 0 Å². The summed E-state index contributed by atoms with van der Waals surface area (Å²) in [6, 6.07) is 29.0. The first-order valence-electron chi connectivity index (χ1n) is 12.0. The lowest BCUT2D eigenvalue weighted by atomic mass is 9.89. The predicted octanol–water partition coefficient (Wildman–Crippen LogP) is 7.69. The Kier molecular flexibility index (Phi) is 8.14. The third-order valence-corrected chi connectivity index (χ3v) is 9.24. The van der Waals surface area contributed by atoms with E-state index in [1.807, 2.05) is 79.7 Å². The maximum absolute atomic E-state index is 13.2. The van der Waals surface area contributed by atoms with Gasteiger partial charge in [-0.3, -0.25) is 4.90 Å². The minimum atomic E-state index is -3.71. The number of likely N-dealkylation sites (tertiary alicyclic amines) is 1. The molecule has 5 nitrogen and oxygen atoms in total. The molecule has 0 unspecified atom stereocenters. The minimum absolute atomic E-state index is 0.0406. The van der Waals surface area contributed by atoms with Crippen molar-refractivity contribution in [2.24, 2.45) is 0 Å². The Morgan fingerprint density at radius 1 is 0.816 bits per heavy atom. The molecule has 38 heavy (non-hydrogen) atoms. The summed E-state index contributed by atoms with van der Waals surface area (Å²) >= 11 is 15.7. The van der Waals surface area contributed by atoms with Gasteiger partial charge in [-0.1, -0.05) is 63.4 Å². The number of benzene rings is 4. The molecule has 1 aliphatic heterocycles. The van der Waals surface area contributed by atoms with Gasteiger partial charge in [0.05, 0.1) is 17.0 Å². The summed E-state index contributed by atoms with van der Waals surface area (Å²) in [6.07, 6.45) is 0. The molecule has 1 aliphatic rings. The number of hydrogen-bond acceptors (Lipinski definition) is 4. The molecule has 1 heterocycles. The molecule has 196 valence electrons. The molecule has 0 spiro atoms. The highest BCUT2D eigenvalue weighted by Crippen LogP contribution is 2.37. The van der Waals surface area contributed by atoms with Crippen molar-refractivity contribution in [1.29, 1.82) is 0 Å². The molecule has 0 aromatic heterocycles. The van der Waals surface area contributed by atoms with Gasteiger partial charge in [0, 0.05) is 27.1 Å². The molecule has 2 atom stereocenters. The van der Waals surface area contributed by atoms with Crippen molar-refractivity contribution < 1.29 is 13.2 Å². The minimum Gasteiger partial charge on any atom is -0.457 e. The van der Waals surface area contributed by atoms with Crippen molar-refractivity contribution in [3.63, 3.8) is 0 Å². The third kappa shape index (κ3) is 6.09. The number of nitrogens with one attached hydrogen (secondary N) is 1. The zero-order chi connectivity index (χ0) is 26.9. The Balaban J connectivity index is 1.29. The zero-order valence-electron chi connectivity index (χ0n) is 20.4. The maximum Gasteiger partial charge on any atom is 0.240 e. The first kappa shape index (κ1) is 27.2. The maximum atomic E-state index is 13.2. The van der Waals surface area contributed by atoms with Crippen LogP contribution in [-0.4, -0.2) is 31.9 Å². The molecule has 4 aromatic carbocycles. The monoisotopic (exact) mass is 630 g/mol. The van der Waals surface area contributed by atoms with E-state index in [4.69, 9.17) is 27.9 Å². The van der Waals surface area contributed by atoms with Gasteiger partial charge >= 0.3 is 0 Å². The Morgan fingerprint density at radius 3 is 1.76 bits per heavy atom.